The van der Waals surface area contributed by atoms with Crippen LogP contribution in [-0.4, -0.2) is 24.9 Å². The average molecular weight is 868 g/mol. The minimum Gasteiger partial charge on any atom is -0.455 e. The first-order valence-electron chi connectivity index (χ1n) is 22.9. The van der Waals surface area contributed by atoms with Gasteiger partial charge < -0.3 is 4.42 Å². The van der Waals surface area contributed by atoms with Gasteiger partial charge in [0.15, 0.2) is 23.3 Å². The van der Waals surface area contributed by atoms with E-state index in [1.165, 1.54) is 22.3 Å². The van der Waals surface area contributed by atoms with Crippen LogP contribution in [-0.2, 0) is 5.41 Å². The molecule has 1 spiro atoms. The van der Waals surface area contributed by atoms with Gasteiger partial charge in [0, 0.05) is 49.7 Å². The minimum atomic E-state index is -0.757. The SMILES string of the molecule is c1ccc(-c2cc(-c3ccccc3)nc(-c3cc4c(c5oc6ccccc6c35)-c3ccc(-c5nc(-c6ccccc6)nc(-c6ccccc6)n5)cc3C43c4ccccc4-c4ccccc43)n2)cc1. The largest absolute Gasteiger partial charge is 0.455 e. The van der Waals surface area contributed by atoms with Crippen LogP contribution >= 0.6 is 0 Å². The number of fused-ring (bicyclic) bond motifs is 14. The first kappa shape index (κ1) is 38.2. The highest BCUT2D eigenvalue weighted by Gasteiger charge is 2.53. The lowest BCUT2D eigenvalue weighted by molar-refractivity contribution is 0.669. The van der Waals surface area contributed by atoms with Gasteiger partial charge in [0.25, 0.3) is 0 Å². The summed E-state index contributed by atoms with van der Waals surface area (Å²) < 4.78 is 7.18. The molecule has 0 amide bonds. The molecule has 0 N–H and O–H groups in total. The van der Waals surface area contributed by atoms with Crippen LogP contribution in [0.4, 0.5) is 0 Å². The molecule has 14 rings (SSSR count). The van der Waals surface area contributed by atoms with Crippen LogP contribution in [0.25, 0.3) is 112 Å². The zero-order valence-corrected chi connectivity index (χ0v) is 36.5. The molecule has 2 aliphatic rings. The van der Waals surface area contributed by atoms with E-state index >= 15 is 0 Å². The molecule has 0 saturated carbocycles. The fraction of sp³-hybridized carbons (Fsp3) is 0.0161. The Morgan fingerprint density at radius 1 is 0.309 bits per heavy atom. The Morgan fingerprint density at radius 3 is 1.37 bits per heavy atom. The quantitative estimate of drug-likeness (QED) is 0.166. The first-order chi connectivity index (χ1) is 33.7. The van der Waals surface area contributed by atoms with Crippen LogP contribution in [0.3, 0.4) is 0 Å². The summed E-state index contributed by atoms with van der Waals surface area (Å²) in [5.74, 6) is 2.46. The van der Waals surface area contributed by atoms with Crippen molar-refractivity contribution in [3.05, 3.63) is 247 Å². The number of rotatable bonds is 6. The molecule has 12 aromatic rings. The minimum absolute atomic E-state index is 0.598. The second-order valence-corrected chi connectivity index (χ2v) is 17.5. The lowest BCUT2D eigenvalue weighted by atomic mass is 9.70. The fourth-order valence-electron chi connectivity index (χ4n) is 10.8. The topological polar surface area (TPSA) is 77.6 Å². The summed E-state index contributed by atoms with van der Waals surface area (Å²) in [5, 5.41) is 1.99. The maximum absolute atomic E-state index is 7.18. The predicted octanol–water partition coefficient (Wildman–Crippen LogP) is 14.9. The summed E-state index contributed by atoms with van der Waals surface area (Å²) >= 11 is 0. The molecule has 0 saturated heterocycles. The highest BCUT2D eigenvalue weighted by atomic mass is 16.3. The van der Waals surface area contributed by atoms with Crippen molar-refractivity contribution < 1.29 is 4.42 Å². The van der Waals surface area contributed by atoms with E-state index in [1.54, 1.807) is 0 Å². The highest BCUT2D eigenvalue weighted by Crippen LogP contribution is 2.65. The van der Waals surface area contributed by atoms with Gasteiger partial charge in [-0.1, -0.05) is 200 Å². The van der Waals surface area contributed by atoms with E-state index in [-0.39, 0.29) is 0 Å². The summed E-state index contributed by atoms with van der Waals surface area (Å²) in [7, 11) is 0. The van der Waals surface area contributed by atoms with Crippen molar-refractivity contribution in [1.29, 1.82) is 0 Å². The van der Waals surface area contributed by atoms with Crippen LogP contribution in [0.15, 0.2) is 229 Å². The maximum Gasteiger partial charge on any atom is 0.164 e. The normalized spacial score (nSPS) is 12.8. The van der Waals surface area contributed by atoms with Crippen LogP contribution in [0, 0.1) is 0 Å². The Morgan fingerprint density at radius 2 is 0.794 bits per heavy atom. The number of hydrogen-bond donors (Lipinski definition) is 0. The molecule has 2 aliphatic carbocycles. The van der Waals surface area contributed by atoms with Gasteiger partial charge in [-0.25, -0.2) is 24.9 Å². The van der Waals surface area contributed by atoms with E-state index in [0.717, 1.165) is 89.0 Å². The summed E-state index contributed by atoms with van der Waals surface area (Å²) in [5.41, 5.74) is 17.4. The van der Waals surface area contributed by atoms with Crippen LogP contribution in [0.1, 0.15) is 22.3 Å². The summed E-state index contributed by atoms with van der Waals surface area (Å²) in [6.07, 6.45) is 0. The molecule has 3 heterocycles. The number of benzene rings is 9. The van der Waals surface area contributed by atoms with Gasteiger partial charge in [-0.2, -0.15) is 0 Å². The lowest BCUT2D eigenvalue weighted by Crippen LogP contribution is -2.26. The van der Waals surface area contributed by atoms with Crippen LogP contribution < -0.4 is 0 Å². The van der Waals surface area contributed by atoms with E-state index in [0.29, 0.717) is 23.3 Å². The number of hydrogen-bond acceptors (Lipinski definition) is 6. The summed E-state index contributed by atoms with van der Waals surface area (Å²) in [6, 6.07) is 78.3. The Hall–Kier alpha value is -9.13. The van der Waals surface area contributed by atoms with Crippen molar-refractivity contribution in [2.45, 2.75) is 5.41 Å². The molecule has 6 heteroatoms. The monoisotopic (exact) mass is 867 g/mol. The van der Waals surface area contributed by atoms with Crippen molar-refractivity contribution >= 4 is 21.9 Å². The molecular weight excluding hydrogens is 831 g/mol. The second kappa shape index (κ2) is 15.0. The van der Waals surface area contributed by atoms with E-state index in [9.17, 15) is 0 Å². The zero-order chi connectivity index (χ0) is 44.8. The smallest absolute Gasteiger partial charge is 0.164 e. The number of para-hydroxylation sites is 1. The van der Waals surface area contributed by atoms with E-state index < -0.39 is 5.41 Å². The highest BCUT2D eigenvalue weighted by molar-refractivity contribution is 6.18. The van der Waals surface area contributed by atoms with E-state index in [1.807, 2.05) is 78.9 Å². The maximum atomic E-state index is 7.18. The van der Waals surface area contributed by atoms with Crippen molar-refractivity contribution in [1.82, 2.24) is 24.9 Å². The predicted molar refractivity (Wildman–Crippen MR) is 272 cm³/mol. The van der Waals surface area contributed by atoms with Gasteiger partial charge in [0.1, 0.15) is 11.2 Å². The van der Waals surface area contributed by atoms with Gasteiger partial charge in [0.2, 0.25) is 0 Å². The number of aromatic nitrogens is 5. The Bertz CT molecular complexity index is 3800. The van der Waals surface area contributed by atoms with E-state index in [2.05, 4.69) is 146 Å². The third-order valence-corrected chi connectivity index (χ3v) is 13.8. The van der Waals surface area contributed by atoms with Crippen LogP contribution in [0.2, 0.25) is 0 Å². The molecule has 316 valence electrons. The molecule has 0 bridgehead atoms. The standard InChI is InChI=1S/C62H37N5O/c1-5-19-38(20-6-1)52-37-53(39-21-7-2-8-22-39)64-61(63-52)47-36-51-56(57-55(47)46-29-15-18-32-54(46)68-57)45-34-33-42(35-50(45)62(51)48-30-16-13-27-43(48)44-28-14-17-31-49(44)62)60-66-58(40-23-9-3-10-24-40)65-59(67-60)41-25-11-4-12-26-41/h1-37H. The molecule has 3 aromatic heterocycles. The van der Waals surface area contributed by atoms with Crippen molar-refractivity contribution in [2.75, 3.05) is 0 Å². The average Bonchev–Trinajstić information content (AvgIpc) is 4.06. The third kappa shape index (κ3) is 5.67. The Kier molecular flexibility index (Phi) is 8.39. The number of nitrogens with zero attached hydrogens (tertiary/aromatic N) is 5. The molecule has 0 aliphatic heterocycles. The van der Waals surface area contributed by atoms with Crippen molar-refractivity contribution in [3.63, 3.8) is 0 Å². The van der Waals surface area contributed by atoms with Gasteiger partial charge in [0.05, 0.1) is 16.8 Å². The Labute approximate surface area is 392 Å². The molecule has 0 fully saturated rings. The molecular formula is C62H37N5O. The molecule has 0 radical (unpaired) electrons. The van der Waals surface area contributed by atoms with Gasteiger partial charge in [-0.15, -0.1) is 0 Å². The van der Waals surface area contributed by atoms with Crippen molar-refractivity contribution in [2.24, 2.45) is 0 Å². The third-order valence-electron chi connectivity index (χ3n) is 13.8. The molecule has 68 heavy (non-hydrogen) atoms. The first-order valence-corrected chi connectivity index (χ1v) is 22.9. The van der Waals surface area contributed by atoms with Gasteiger partial charge in [-0.05, 0) is 63.2 Å². The molecule has 9 aromatic carbocycles. The Balaban J connectivity index is 1.09. The van der Waals surface area contributed by atoms with E-state index in [4.69, 9.17) is 29.3 Å². The molecule has 6 nitrogen and oxygen atoms in total. The summed E-state index contributed by atoms with van der Waals surface area (Å²) in [6.45, 7) is 0. The summed E-state index contributed by atoms with van der Waals surface area (Å²) in [4.78, 5) is 26.4. The molecule has 0 unspecified atom stereocenters. The lowest BCUT2D eigenvalue weighted by Gasteiger charge is -2.31. The van der Waals surface area contributed by atoms with Gasteiger partial charge in [-0.3, -0.25) is 0 Å². The fourth-order valence-corrected chi connectivity index (χ4v) is 10.8. The zero-order valence-electron chi connectivity index (χ0n) is 36.5. The van der Waals surface area contributed by atoms with Gasteiger partial charge >= 0.3 is 0 Å². The van der Waals surface area contributed by atoms with Crippen molar-refractivity contribution in [3.8, 4) is 90.3 Å². The second-order valence-electron chi connectivity index (χ2n) is 17.5. The van der Waals surface area contributed by atoms with Crippen LogP contribution in [0.5, 0.6) is 0 Å². The molecule has 0 atom stereocenters. The number of furan rings is 1.